The molecular formula is C31H47NOSn. The van der Waals surface area contributed by atoms with Crippen LogP contribution < -0.4 is 0 Å². The summed E-state index contributed by atoms with van der Waals surface area (Å²) < 4.78 is 11.9. The molecule has 0 spiro atoms. The number of allylic oxidation sites excluding steroid dienone is 1. The minimum atomic E-state index is -2.08. The van der Waals surface area contributed by atoms with Gasteiger partial charge in [-0.3, -0.25) is 0 Å². The minimum absolute atomic E-state index is 0.0447. The molecule has 0 unspecified atom stereocenters. The topological polar surface area (TPSA) is 21.6 Å². The predicted molar refractivity (Wildman–Crippen MR) is 153 cm³/mol. The first kappa shape index (κ1) is 28.7. The Bertz CT molecular complexity index is 741. The Kier molecular flexibility index (Phi) is 15.0. The first-order chi connectivity index (χ1) is 16.7. The van der Waals surface area contributed by atoms with Gasteiger partial charge in [-0.25, -0.2) is 0 Å². The molecule has 0 heterocycles. The van der Waals surface area contributed by atoms with Crippen molar-refractivity contribution in [1.82, 2.24) is 0 Å². The molecule has 0 aliphatic rings. The summed E-state index contributed by atoms with van der Waals surface area (Å²) in [6.45, 7) is 7.72. The van der Waals surface area contributed by atoms with Crippen LogP contribution in [0.4, 0.5) is 0 Å². The molecule has 0 aliphatic carbocycles. The van der Waals surface area contributed by atoms with Gasteiger partial charge in [0.25, 0.3) is 0 Å². The molecule has 2 rings (SSSR count). The van der Waals surface area contributed by atoms with Gasteiger partial charge in [0, 0.05) is 0 Å². The first-order valence-corrected chi connectivity index (χ1v) is 21.7. The van der Waals surface area contributed by atoms with Crippen LogP contribution in [-0.4, -0.2) is 31.2 Å². The van der Waals surface area contributed by atoms with Crippen LogP contribution in [0.25, 0.3) is 0 Å². The maximum atomic E-state index is 5.90. The van der Waals surface area contributed by atoms with Crippen molar-refractivity contribution in [2.75, 3.05) is 6.61 Å². The number of benzene rings is 2. The molecule has 0 atom stereocenters. The Hall–Kier alpha value is -1.55. The summed E-state index contributed by atoms with van der Waals surface area (Å²) >= 11 is -2.08. The summed E-state index contributed by atoms with van der Waals surface area (Å²) in [4.78, 5) is 4.90. The molecule has 0 aromatic heterocycles. The monoisotopic (exact) mass is 569 g/mol. The van der Waals surface area contributed by atoms with E-state index in [2.05, 4.69) is 87.5 Å². The van der Waals surface area contributed by atoms with Gasteiger partial charge in [0.2, 0.25) is 0 Å². The Labute approximate surface area is 213 Å². The molecule has 2 nitrogen and oxygen atoms in total. The van der Waals surface area contributed by atoms with Gasteiger partial charge < -0.3 is 0 Å². The molecule has 2 aromatic carbocycles. The Morgan fingerprint density at radius 2 is 1.26 bits per heavy atom. The normalized spacial score (nSPS) is 12.2. The van der Waals surface area contributed by atoms with Crippen molar-refractivity contribution >= 4 is 24.6 Å². The molecule has 0 N–H and O–H groups in total. The van der Waals surface area contributed by atoms with Gasteiger partial charge in [0.15, 0.2) is 0 Å². The summed E-state index contributed by atoms with van der Waals surface area (Å²) in [7, 11) is 0. The fraction of sp³-hybridized carbons (Fsp3) is 0.516. The fourth-order valence-corrected chi connectivity index (χ4v) is 19.7. The van der Waals surface area contributed by atoms with E-state index in [0.717, 1.165) is 6.42 Å². The van der Waals surface area contributed by atoms with Crippen molar-refractivity contribution in [1.29, 1.82) is 0 Å². The molecule has 3 heteroatoms. The third kappa shape index (κ3) is 10.8. The van der Waals surface area contributed by atoms with Gasteiger partial charge in [-0.2, -0.15) is 0 Å². The second kappa shape index (κ2) is 17.8. The predicted octanol–water partition coefficient (Wildman–Crippen LogP) is 9.62. The average molecular weight is 568 g/mol. The Balaban J connectivity index is 1.87. The molecule has 0 radical (unpaired) electrons. The van der Waals surface area contributed by atoms with Gasteiger partial charge in [-0.15, -0.1) is 0 Å². The molecule has 0 saturated carbocycles. The van der Waals surface area contributed by atoms with Crippen molar-refractivity contribution in [3.63, 3.8) is 0 Å². The zero-order chi connectivity index (χ0) is 24.3. The zero-order valence-corrected chi connectivity index (χ0v) is 24.8. The molecule has 0 aliphatic heterocycles. The van der Waals surface area contributed by atoms with Crippen molar-refractivity contribution in [3.05, 3.63) is 84.1 Å². The van der Waals surface area contributed by atoms with Gasteiger partial charge in [0.1, 0.15) is 0 Å². The summed E-state index contributed by atoms with van der Waals surface area (Å²) in [5.41, 5.74) is 2.45. The van der Waals surface area contributed by atoms with Crippen molar-refractivity contribution < 1.29 is 4.74 Å². The molecule has 0 saturated heterocycles. The van der Waals surface area contributed by atoms with Crippen LogP contribution in [0.1, 0.15) is 82.9 Å². The number of rotatable bonds is 18. The summed E-state index contributed by atoms with van der Waals surface area (Å²) in [6, 6.07) is 21.1. The molecule has 2 aromatic rings. The van der Waals surface area contributed by atoms with Gasteiger partial charge in [-0.1, -0.05) is 12.1 Å². The second-order valence-corrected chi connectivity index (χ2v) is 23.6. The molecular weight excluding hydrogens is 521 g/mol. The van der Waals surface area contributed by atoms with E-state index < -0.39 is 18.4 Å². The summed E-state index contributed by atoms with van der Waals surface area (Å²) in [5, 5.41) is 0. The number of aliphatic imine (C=N–C) groups is 1. The summed E-state index contributed by atoms with van der Waals surface area (Å²) in [5.74, 6) is 0. The molecule has 186 valence electrons. The van der Waals surface area contributed by atoms with Crippen molar-refractivity contribution in [2.24, 2.45) is 4.99 Å². The quantitative estimate of drug-likeness (QED) is 0.0760. The molecule has 0 amide bonds. The molecule has 34 heavy (non-hydrogen) atoms. The van der Waals surface area contributed by atoms with E-state index in [9.17, 15) is 0 Å². The average Bonchev–Trinajstić information content (AvgIpc) is 2.89. The van der Waals surface area contributed by atoms with E-state index in [-0.39, 0.29) is 6.04 Å². The first-order valence-electron chi connectivity index (χ1n) is 13.6. The van der Waals surface area contributed by atoms with Crippen LogP contribution in [0.2, 0.25) is 17.7 Å². The Morgan fingerprint density at radius 1 is 0.765 bits per heavy atom. The van der Waals surface area contributed by atoms with Crippen LogP contribution in [0.5, 0.6) is 0 Å². The van der Waals surface area contributed by atoms with E-state index >= 15 is 0 Å². The van der Waals surface area contributed by atoms with Crippen LogP contribution in [0, 0.1) is 0 Å². The van der Waals surface area contributed by atoms with Crippen LogP contribution in [0.15, 0.2) is 78.0 Å². The van der Waals surface area contributed by atoms with Crippen molar-refractivity contribution in [2.45, 2.75) is 89.5 Å². The van der Waals surface area contributed by atoms with E-state index in [0.29, 0.717) is 6.61 Å². The van der Waals surface area contributed by atoms with E-state index in [4.69, 9.17) is 9.73 Å². The van der Waals surface area contributed by atoms with Gasteiger partial charge in [0.05, 0.1) is 0 Å². The van der Waals surface area contributed by atoms with E-state index in [1.54, 1.807) is 13.3 Å². The van der Waals surface area contributed by atoms with Gasteiger partial charge >= 0.3 is 202 Å². The van der Waals surface area contributed by atoms with Gasteiger partial charge in [-0.05, 0) is 0 Å². The van der Waals surface area contributed by atoms with Crippen LogP contribution >= 0.6 is 0 Å². The van der Waals surface area contributed by atoms with Crippen LogP contribution in [0.3, 0.4) is 0 Å². The standard InChI is InChI=1S/C19H20NO.3C4H9.Sn/c1-2-15-21-16-9-14-20-19(17-10-5-3-6-11-17)18-12-7-4-8-13-18;3*1-3-4-2;/h2-8,10-15,19H,1,9,16H2;3*1,3-4H2,2H3;/b15-2-,20-14?;;;;. The number of nitrogens with zero attached hydrogens (tertiary/aromatic N) is 1. The van der Waals surface area contributed by atoms with E-state index in [1.165, 1.54) is 54.1 Å². The third-order valence-corrected chi connectivity index (χ3v) is 22.0. The van der Waals surface area contributed by atoms with E-state index in [1.807, 2.05) is 12.5 Å². The molecule has 0 bridgehead atoms. The number of unbranched alkanes of at least 4 members (excludes halogenated alkanes) is 3. The SMILES string of the molecule is CCC[CH2][Sn]([CH2]/C=C\OCCC=NC(c1ccccc1)c1ccccc1)([CH2]CCC)[CH2]CCC. The Morgan fingerprint density at radius 3 is 1.74 bits per heavy atom. The third-order valence-electron chi connectivity index (χ3n) is 6.78. The number of ether oxygens (including phenoxy) is 1. The maximum absolute atomic E-state index is 5.90. The van der Waals surface area contributed by atoms with Crippen molar-refractivity contribution in [3.8, 4) is 0 Å². The second-order valence-electron chi connectivity index (χ2n) is 9.60. The number of hydrogen-bond acceptors (Lipinski definition) is 2. The zero-order valence-electron chi connectivity index (χ0n) is 21.9. The summed E-state index contributed by atoms with van der Waals surface area (Å²) in [6.07, 6.45) is 15.5. The molecule has 0 fully saturated rings. The fourth-order valence-electron chi connectivity index (χ4n) is 4.71. The van der Waals surface area contributed by atoms with Crippen LogP contribution in [-0.2, 0) is 4.74 Å². The number of hydrogen-bond donors (Lipinski definition) is 0.